The van der Waals surface area contributed by atoms with Gasteiger partial charge < -0.3 is 10.4 Å². The molecule has 0 unspecified atom stereocenters. The average molecular weight is 282 g/mol. The molecule has 20 heavy (non-hydrogen) atoms. The third kappa shape index (κ3) is 3.47. The molecular formula is C13H22N4O3. The van der Waals surface area contributed by atoms with E-state index in [1.54, 1.807) is 7.05 Å². The van der Waals surface area contributed by atoms with Crippen molar-refractivity contribution in [2.45, 2.75) is 44.6 Å². The number of aromatic nitrogens is 3. The Balaban J connectivity index is 1.77. The first-order chi connectivity index (χ1) is 9.59. The molecule has 1 aromatic rings. The van der Waals surface area contributed by atoms with Crippen LogP contribution in [0, 0.1) is 5.92 Å². The maximum atomic E-state index is 11.9. The van der Waals surface area contributed by atoms with E-state index in [-0.39, 0.29) is 17.5 Å². The van der Waals surface area contributed by atoms with Crippen molar-refractivity contribution in [1.82, 2.24) is 20.1 Å². The Morgan fingerprint density at radius 3 is 2.80 bits per heavy atom. The zero-order valence-corrected chi connectivity index (χ0v) is 11.8. The lowest BCUT2D eigenvalue weighted by Gasteiger charge is -2.25. The molecule has 7 nitrogen and oxygen atoms in total. The van der Waals surface area contributed by atoms with Crippen LogP contribution >= 0.6 is 0 Å². The molecule has 1 aliphatic rings. The highest BCUT2D eigenvalue weighted by atomic mass is 16.3. The fraction of sp³-hybridized carbons (Fsp3) is 0.769. The van der Waals surface area contributed by atoms with E-state index in [4.69, 9.17) is 0 Å². The van der Waals surface area contributed by atoms with Crippen molar-refractivity contribution in [3.8, 4) is 0 Å². The molecule has 3 N–H and O–H groups in total. The lowest BCUT2D eigenvalue weighted by atomic mass is 9.85. The van der Waals surface area contributed by atoms with Crippen molar-refractivity contribution in [2.24, 2.45) is 13.0 Å². The van der Waals surface area contributed by atoms with E-state index in [1.807, 2.05) is 0 Å². The minimum atomic E-state index is -0.918. The standard InChI is InChI=1S/C13H22N4O3/c1-17-10(15-16-13(17)20)7-8-14-12(19)11(18)9-5-3-2-4-6-9/h9,11,18H,2-8H2,1H3,(H,14,19)(H,16,20)/t11-/m1/s1. The number of aliphatic hydroxyl groups is 1. The molecule has 1 saturated carbocycles. The average Bonchev–Trinajstić information content (AvgIpc) is 2.79. The highest BCUT2D eigenvalue weighted by Gasteiger charge is 2.27. The number of carbonyl (C=O) groups is 1. The first-order valence-corrected chi connectivity index (χ1v) is 7.15. The maximum Gasteiger partial charge on any atom is 0.343 e. The van der Waals surface area contributed by atoms with Gasteiger partial charge in [-0.1, -0.05) is 19.3 Å². The van der Waals surface area contributed by atoms with Gasteiger partial charge in [0.15, 0.2) is 0 Å². The van der Waals surface area contributed by atoms with E-state index < -0.39 is 6.10 Å². The highest BCUT2D eigenvalue weighted by molar-refractivity contribution is 5.80. The normalized spacial score (nSPS) is 17.9. The third-order valence-corrected chi connectivity index (χ3v) is 3.99. The van der Waals surface area contributed by atoms with E-state index in [0.29, 0.717) is 18.8 Å². The summed E-state index contributed by atoms with van der Waals surface area (Å²) in [5, 5.41) is 18.9. The second-order valence-corrected chi connectivity index (χ2v) is 5.39. The van der Waals surface area contributed by atoms with Crippen molar-refractivity contribution in [2.75, 3.05) is 6.54 Å². The molecule has 1 fully saturated rings. The summed E-state index contributed by atoms with van der Waals surface area (Å²) in [5.41, 5.74) is -0.270. The quantitative estimate of drug-likeness (QED) is 0.691. The summed E-state index contributed by atoms with van der Waals surface area (Å²) in [5.74, 6) is 0.346. The van der Waals surface area contributed by atoms with Gasteiger partial charge in [0.2, 0.25) is 5.91 Å². The summed E-state index contributed by atoms with van der Waals surface area (Å²) in [7, 11) is 1.62. The van der Waals surface area contributed by atoms with Crippen LogP contribution in [0.25, 0.3) is 0 Å². The Bertz CT molecular complexity index is 502. The summed E-state index contributed by atoms with van der Waals surface area (Å²) >= 11 is 0. The number of aromatic amines is 1. The number of aliphatic hydroxyl groups excluding tert-OH is 1. The maximum absolute atomic E-state index is 11.9. The SMILES string of the molecule is Cn1c(CCNC(=O)[C@H](O)C2CCCCC2)n[nH]c1=O. The number of nitrogens with one attached hydrogen (secondary N) is 2. The second kappa shape index (κ2) is 6.69. The zero-order chi connectivity index (χ0) is 14.5. The first-order valence-electron chi connectivity index (χ1n) is 7.15. The molecule has 1 aromatic heterocycles. The second-order valence-electron chi connectivity index (χ2n) is 5.39. The van der Waals surface area contributed by atoms with Crippen LogP contribution in [-0.2, 0) is 18.3 Å². The number of carbonyl (C=O) groups excluding carboxylic acids is 1. The van der Waals surface area contributed by atoms with Crippen molar-refractivity contribution < 1.29 is 9.90 Å². The molecule has 0 saturated heterocycles. The molecule has 0 aliphatic heterocycles. The Hall–Kier alpha value is -1.63. The predicted molar refractivity (Wildman–Crippen MR) is 73.1 cm³/mol. The molecular weight excluding hydrogens is 260 g/mol. The van der Waals surface area contributed by atoms with Crippen molar-refractivity contribution in [3.63, 3.8) is 0 Å². The molecule has 1 atom stereocenters. The van der Waals surface area contributed by atoms with E-state index in [0.717, 1.165) is 25.7 Å². The summed E-state index contributed by atoms with van der Waals surface area (Å²) in [6.45, 7) is 0.362. The fourth-order valence-electron chi connectivity index (χ4n) is 2.67. The van der Waals surface area contributed by atoms with Gasteiger partial charge in [-0.15, -0.1) is 0 Å². The third-order valence-electron chi connectivity index (χ3n) is 3.99. The molecule has 0 bridgehead atoms. The monoisotopic (exact) mass is 282 g/mol. The number of nitrogens with zero attached hydrogens (tertiary/aromatic N) is 2. The van der Waals surface area contributed by atoms with Gasteiger partial charge in [0.05, 0.1) is 0 Å². The van der Waals surface area contributed by atoms with Gasteiger partial charge in [-0.25, -0.2) is 9.89 Å². The molecule has 0 aromatic carbocycles. The van der Waals surface area contributed by atoms with Crippen LogP contribution < -0.4 is 11.0 Å². The smallest absolute Gasteiger partial charge is 0.343 e. The number of H-pyrrole nitrogens is 1. The van der Waals surface area contributed by atoms with Crippen LogP contribution in [0.5, 0.6) is 0 Å². The van der Waals surface area contributed by atoms with Crippen LogP contribution in [0.1, 0.15) is 37.9 Å². The summed E-state index contributed by atoms with van der Waals surface area (Å²) in [6, 6.07) is 0. The van der Waals surface area contributed by atoms with Crippen LogP contribution in [0.2, 0.25) is 0 Å². The molecule has 2 rings (SSSR count). The Morgan fingerprint density at radius 2 is 2.20 bits per heavy atom. The van der Waals surface area contributed by atoms with Gasteiger partial charge in [0.1, 0.15) is 11.9 Å². The Labute approximate surface area is 117 Å². The summed E-state index contributed by atoms with van der Waals surface area (Å²) in [6.07, 6.45) is 4.74. The minimum absolute atomic E-state index is 0.0819. The van der Waals surface area contributed by atoms with E-state index in [2.05, 4.69) is 15.5 Å². The lowest BCUT2D eigenvalue weighted by Crippen LogP contribution is -2.41. The molecule has 7 heteroatoms. The molecule has 1 amide bonds. The van der Waals surface area contributed by atoms with Crippen LogP contribution in [0.15, 0.2) is 4.79 Å². The Morgan fingerprint density at radius 1 is 1.50 bits per heavy atom. The highest BCUT2D eigenvalue weighted by Crippen LogP contribution is 2.26. The van der Waals surface area contributed by atoms with E-state index in [1.165, 1.54) is 11.0 Å². The largest absolute Gasteiger partial charge is 0.383 e. The topological polar surface area (TPSA) is 100 Å². The number of amides is 1. The van der Waals surface area contributed by atoms with Gasteiger partial charge in [-0.05, 0) is 18.8 Å². The zero-order valence-electron chi connectivity index (χ0n) is 11.8. The first kappa shape index (κ1) is 14.8. The van der Waals surface area contributed by atoms with E-state index >= 15 is 0 Å². The predicted octanol–water partition coefficient (Wildman–Crippen LogP) is -0.292. The van der Waals surface area contributed by atoms with Crippen molar-refractivity contribution >= 4 is 5.91 Å². The Kier molecular flexibility index (Phi) is 4.94. The van der Waals surface area contributed by atoms with Crippen molar-refractivity contribution in [1.29, 1.82) is 0 Å². The minimum Gasteiger partial charge on any atom is -0.383 e. The lowest BCUT2D eigenvalue weighted by molar-refractivity contribution is -0.132. The summed E-state index contributed by atoms with van der Waals surface area (Å²) < 4.78 is 1.41. The van der Waals surface area contributed by atoms with Crippen LogP contribution in [0.4, 0.5) is 0 Å². The number of rotatable bonds is 5. The van der Waals surface area contributed by atoms with Crippen LogP contribution in [0.3, 0.4) is 0 Å². The number of hydrogen-bond acceptors (Lipinski definition) is 4. The van der Waals surface area contributed by atoms with Gasteiger partial charge in [0.25, 0.3) is 0 Å². The fourth-order valence-corrected chi connectivity index (χ4v) is 2.67. The molecule has 1 heterocycles. The van der Waals surface area contributed by atoms with Crippen LogP contribution in [-0.4, -0.2) is 38.4 Å². The van der Waals surface area contributed by atoms with Gasteiger partial charge in [0, 0.05) is 20.0 Å². The molecule has 1 aliphatic carbocycles. The van der Waals surface area contributed by atoms with Crippen molar-refractivity contribution in [3.05, 3.63) is 16.3 Å². The molecule has 0 radical (unpaired) electrons. The van der Waals surface area contributed by atoms with Gasteiger partial charge >= 0.3 is 5.69 Å². The molecule has 0 spiro atoms. The molecule has 112 valence electrons. The summed E-state index contributed by atoms with van der Waals surface area (Å²) in [4.78, 5) is 23.0. The van der Waals surface area contributed by atoms with Gasteiger partial charge in [-0.3, -0.25) is 9.36 Å². The van der Waals surface area contributed by atoms with E-state index in [9.17, 15) is 14.7 Å². The van der Waals surface area contributed by atoms with Gasteiger partial charge in [-0.2, -0.15) is 5.10 Å². The number of hydrogen-bond donors (Lipinski definition) is 3.